The van der Waals surface area contributed by atoms with Crippen LogP contribution in [0.15, 0.2) is 47.5 Å². The average molecular weight is 436 g/mol. The zero-order valence-electron chi connectivity index (χ0n) is 17.9. The highest BCUT2D eigenvalue weighted by Crippen LogP contribution is 2.34. The smallest absolute Gasteiger partial charge is 0.250 e. The van der Waals surface area contributed by atoms with Crippen LogP contribution in [0.1, 0.15) is 19.3 Å². The second-order valence-corrected chi connectivity index (χ2v) is 8.69. The van der Waals surface area contributed by atoms with Crippen LogP contribution in [0.4, 0.5) is 10.2 Å². The number of nitrogens with zero attached hydrogens (tertiary/aromatic N) is 5. The summed E-state index contributed by atoms with van der Waals surface area (Å²) in [6, 6.07) is 8.75. The molecule has 0 saturated carbocycles. The number of nitrogens with one attached hydrogen (secondary N) is 1. The van der Waals surface area contributed by atoms with Crippen molar-refractivity contribution in [1.82, 2.24) is 25.1 Å². The zero-order valence-corrected chi connectivity index (χ0v) is 17.9. The van der Waals surface area contributed by atoms with Gasteiger partial charge in [0.05, 0.1) is 11.8 Å². The van der Waals surface area contributed by atoms with Crippen molar-refractivity contribution in [3.8, 4) is 28.3 Å². The monoisotopic (exact) mass is 436 g/mol. The third kappa shape index (κ3) is 3.73. The molecule has 2 N–H and O–H groups in total. The highest BCUT2D eigenvalue weighted by atomic mass is 19.1. The van der Waals surface area contributed by atoms with E-state index < -0.39 is 6.17 Å². The largest absolute Gasteiger partial charge is 0.507 e. The van der Waals surface area contributed by atoms with Crippen LogP contribution in [0.5, 0.6) is 5.75 Å². The molecule has 166 valence electrons. The Bertz CT molecular complexity index is 1200. The molecule has 2 aliphatic rings. The molecule has 0 unspecified atom stereocenters. The molecule has 8 nitrogen and oxygen atoms in total. The van der Waals surface area contributed by atoms with Crippen molar-refractivity contribution in [3.63, 3.8) is 0 Å². The zero-order chi connectivity index (χ0) is 22.4. The molecule has 4 atom stereocenters. The van der Waals surface area contributed by atoms with Gasteiger partial charge in [0.1, 0.15) is 11.9 Å². The SMILES string of the molecule is CN(c1cnc(-c2ccc(-c3ccn(C)c(=O)c3)cc2O)nn1)[C@@H]1C[C@@H]2C[C@H](F)[C@@H](C1)N2. The molecule has 0 aliphatic carbocycles. The Morgan fingerprint density at radius 1 is 1.16 bits per heavy atom. The molecular weight excluding hydrogens is 411 g/mol. The molecule has 2 aromatic heterocycles. The normalized spacial score (nSPS) is 24.5. The number of pyridine rings is 1. The minimum absolute atomic E-state index is 0.00926. The second-order valence-electron chi connectivity index (χ2n) is 8.69. The van der Waals surface area contributed by atoms with Crippen LogP contribution >= 0.6 is 0 Å². The highest BCUT2D eigenvalue weighted by molar-refractivity contribution is 5.72. The van der Waals surface area contributed by atoms with Crippen LogP contribution in [-0.2, 0) is 7.05 Å². The average Bonchev–Trinajstić information content (AvgIpc) is 3.05. The first-order valence-corrected chi connectivity index (χ1v) is 10.7. The minimum atomic E-state index is -0.783. The number of piperidine rings is 1. The third-order valence-electron chi connectivity index (χ3n) is 6.61. The van der Waals surface area contributed by atoms with Gasteiger partial charge in [-0.05, 0) is 48.6 Å². The Morgan fingerprint density at radius 2 is 1.97 bits per heavy atom. The van der Waals surface area contributed by atoms with Gasteiger partial charge < -0.3 is 19.9 Å². The lowest BCUT2D eigenvalue weighted by atomic mass is 9.98. The van der Waals surface area contributed by atoms with E-state index in [2.05, 4.69) is 20.5 Å². The van der Waals surface area contributed by atoms with E-state index in [4.69, 9.17) is 0 Å². The summed E-state index contributed by atoms with van der Waals surface area (Å²) in [5.41, 5.74) is 1.78. The van der Waals surface area contributed by atoms with Gasteiger partial charge in [0, 0.05) is 44.5 Å². The Labute approximate surface area is 184 Å². The van der Waals surface area contributed by atoms with E-state index in [1.54, 1.807) is 31.6 Å². The molecule has 2 bridgehead atoms. The number of phenolic OH excluding ortho intramolecular Hbond substituents is 1. The fourth-order valence-electron chi connectivity index (χ4n) is 4.69. The predicted molar refractivity (Wildman–Crippen MR) is 119 cm³/mol. The molecule has 2 aliphatic heterocycles. The minimum Gasteiger partial charge on any atom is -0.507 e. The summed E-state index contributed by atoms with van der Waals surface area (Å²) in [7, 11) is 3.62. The van der Waals surface area contributed by atoms with Crippen LogP contribution in [0.2, 0.25) is 0 Å². The topological polar surface area (TPSA) is 96.2 Å². The maximum absolute atomic E-state index is 14.0. The lowest BCUT2D eigenvalue weighted by Gasteiger charge is -2.35. The van der Waals surface area contributed by atoms with Gasteiger partial charge in [0.2, 0.25) is 0 Å². The second kappa shape index (κ2) is 7.98. The van der Waals surface area contributed by atoms with Crippen molar-refractivity contribution in [1.29, 1.82) is 0 Å². The van der Waals surface area contributed by atoms with Gasteiger partial charge in [-0.25, -0.2) is 9.37 Å². The van der Waals surface area contributed by atoms with Crippen molar-refractivity contribution >= 4 is 5.82 Å². The van der Waals surface area contributed by atoms with Crippen molar-refractivity contribution in [2.24, 2.45) is 7.05 Å². The number of aryl methyl sites for hydroxylation is 1. The van der Waals surface area contributed by atoms with Crippen molar-refractivity contribution in [3.05, 3.63) is 53.1 Å². The number of alkyl halides is 1. The number of phenols is 1. The van der Waals surface area contributed by atoms with E-state index in [0.717, 1.165) is 24.0 Å². The summed E-state index contributed by atoms with van der Waals surface area (Å²) in [5, 5.41) is 22.4. The Morgan fingerprint density at radius 3 is 2.66 bits per heavy atom. The summed E-state index contributed by atoms with van der Waals surface area (Å²) in [6.45, 7) is 0. The molecule has 0 spiro atoms. The molecule has 5 rings (SSSR count). The van der Waals surface area contributed by atoms with Gasteiger partial charge in [0.15, 0.2) is 11.6 Å². The summed E-state index contributed by atoms with van der Waals surface area (Å²) < 4.78 is 15.5. The molecule has 0 radical (unpaired) electrons. The van der Waals surface area contributed by atoms with Crippen LogP contribution in [0.3, 0.4) is 0 Å². The molecule has 4 heterocycles. The van der Waals surface area contributed by atoms with Gasteiger partial charge in [0.25, 0.3) is 5.56 Å². The molecular formula is C23H25FN6O2. The lowest BCUT2D eigenvalue weighted by molar-refractivity contribution is 0.274. The summed E-state index contributed by atoms with van der Waals surface area (Å²) in [5.74, 6) is 0.936. The number of hydrogen-bond donors (Lipinski definition) is 2. The van der Waals surface area contributed by atoms with E-state index in [9.17, 15) is 14.3 Å². The summed E-state index contributed by atoms with van der Waals surface area (Å²) in [6.07, 6.45) is 4.70. The number of hydrogen-bond acceptors (Lipinski definition) is 7. The van der Waals surface area contributed by atoms with Gasteiger partial charge in [-0.2, -0.15) is 0 Å². The van der Waals surface area contributed by atoms with Crippen LogP contribution in [-0.4, -0.2) is 56.2 Å². The molecule has 3 aromatic rings. The number of halogens is 1. The van der Waals surface area contributed by atoms with Crippen LogP contribution in [0.25, 0.3) is 22.5 Å². The number of aromatic nitrogens is 4. The molecule has 2 saturated heterocycles. The fourth-order valence-corrected chi connectivity index (χ4v) is 4.69. The maximum Gasteiger partial charge on any atom is 0.250 e. The van der Waals surface area contributed by atoms with E-state index >= 15 is 0 Å². The molecule has 9 heteroatoms. The first-order chi connectivity index (χ1) is 15.4. The fraction of sp³-hybridized carbons (Fsp3) is 0.391. The number of anilines is 1. The van der Waals surface area contributed by atoms with Crippen LogP contribution in [0, 0.1) is 0 Å². The first-order valence-electron chi connectivity index (χ1n) is 10.7. The van der Waals surface area contributed by atoms with Crippen molar-refractivity contribution in [2.75, 3.05) is 11.9 Å². The molecule has 32 heavy (non-hydrogen) atoms. The highest BCUT2D eigenvalue weighted by Gasteiger charge is 2.42. The third-order valence-corrected chi connectivity index (χ3v) is 6.61. The van der Waals surface area contributed by atoms with E-state index in [1.165, 1.54) is 10.6 Å². The number of aromatic hydroxyl groups is 1. The quantitative estimate of drug-likeness (QED) is 0.648. The lowest BCUT2D eigenvalue weighted by Crippen LogP contribution is -2.48. The van der Waals surface area contributed by atoms with Gasteiger partial charge in [-0.15, -0.1) is 10.2 Å². The van der Waals surface area contributed by atoms with Gasteiger partial charge in [-0.1, -0.05) is 6.07 Å². The summed E-state index contributed by atoms with van der Waals surface area (Å²) >= 11 is 0. The maximum atomic E-state index is 14.0. The summed E-state index contributed by atoms with van der Waals surface area (Å²) in [4.78, 5) is 18.3. The Balaban J connectivity index is 1.34. The molecule has 2 fully saturated rings. The van der Waals surface area contributed by atoms with Gasteiger partial charge in [-0.3, -0.25) is 4.79 Å². The van der Waals surface area contributed by atoms with Crippen LogP contribution < -0.4 is 15.8 Å². The predicted octanol–water partition coefficient (Wildman–Crippen LogP) is 2.28. The number of rotatable bonds is 4. The first kappa shape index (κ1) is 20.6. The molecule has 1 aromatic carbocycles. The van der Waals surface area contributed by atoms with Crippen molar-refractivity contribution < 1.29 is 9.50 Å². The standard InChI is InChI=1S/C23H25FN6O2/c1-29-6-5-14(8-22(29)32)13-3-4-17(20(31)7-13)23-25-12-21(27-28-23)30(2)16-9-15-10-18(24)19(11-16)26-15/h3-8,12,15-16,18-19,26,31H,9-11H2,1-2H3/t15-,16-,18+,19-/m1/s1. The molecule has 0 amide bonds. The Kier molecular flexibility index (Phi) is 5.13. The van der Waals surface area contributed by atoms with Gasteiger partial charge >= 0.3 is 0 Å². The number of benzene rings is 1. The van der Waals surface area contributed by atoms with Crippen molar-refractivity contribution in [2.45, 2.75) is 43.6 Å². The Hall–Kier alpha value is -3.33. The number of fused-ring (bicyclic) bond motifs is 2. The van der Waals surface area contributed by atoms with E-state index in [0.29, 0.717) is 23.6 Å². The van der Waals surface area contributed by atoms with E-state index in [-0.39, 0.29) is 29.4 Å². The van der Waals surface area contributed by atoms with E-state index in [1.807, 2.05) is 24.1 Å².